The molecule has 0 aliphatic heterocycles. The molecule has 0 N–H and O–H groups in total. The van der Waals surface area contributed by atoms with Gasteiger partial charge in [0.2, 0.25) is 0 Å². The third-order valence-corrected chi connectivity index (χ3v) is 4.55. The quantitative estimate of drug-likeness (QED) is 0.182. The van der Waals surface area contributed by atoms with E-state index in [0.717, 1.165) is 32.1 Å². The first-order valence-electron chi connectivity index (χ1n) is 8.88. The van der Waals surface area contributed by atoms with Gasteiger partial charge in [-0.15, -0.1) is 6.58 Å². The van der Waals surface area contributed by atoms with Gasteiger partial charge in [0.15, 0.2) is 5.94 Å². The van der Waals surface area contributed by atoms with Crippen LogP contribution >= 0.6 is 0 Å². The van der Waals surface area contributed by atoms with Crippen molar-refractivity contribution in [3.63, 3.8) is 0 Å². The summed E-state index contributed by atoms with van der Waals surface area (Å²) in [5, 5.41) is 0. The molecule has 8 heteroatoms. The Morgan fingerprint density at radius 1 is 1.15 bits per heavy atom. The van der Waals surface area contributed by atoms with Crippen molar-refractivity contribution >= 4 is 10.1 Å². The van der Waals surface area contributed by atoms with Crippen molar-refractivity contribution in [2.75, 3.05) is 39.7 Å². The molecule has 0 saturated heterocycles. The summed E-state index contributed by atoms with van der Waals surface area (Å²) in [5.41, 5.74) is 1.28. The zero-order valence-electron chi connectivity index (χ0n) is 16.1. The summed E-state index contributed by atoms with van der Waals surface area (Å²) in [5.74, 6) is 0.152. The zero-order chi connectivity index (χ0) is 20.0. The minimum atomic E-state index is -3.68. The lowest BCUT2D eigenvalue weighted by Crippen LogP contribution is -2.29. The number of hydrogen-bond donors (Lipinski definition) is 0. The van der Waals surface area contributed by atoms with E-state index < -0.39 is 22.2 Å². The average Bonchev–Trinajstić information content (AvgIpc) is 2.68. The van der Waals surface area contributed by atoms with Crippen LogP contribution in [0.1, 0.15) is 25.3 Å². The molecular formula is C19H30O7S. The van der Waals surface area contributed by atoms with Gasteiger partial charge in [0, 0.05) is 0 Å². The van der Waals surface area contributed by atoms with Gasteiger partial charge in [-0.2, -0.15) is 8.42 Å². The minimum absolute atomic E-state index is 0.218. The topological polar surface area (TPSA) is 80.3 Å². The van der Waals surface area contributed by atoms with E-state index in [9.17, 15) is 8.42 Å². The number of aryl methyl sites for hydroxylation is 1. The lowest BCUT2D eigenvalue weighted by molar-refractivity contribution is -0.111. The van der Waals surface area contributed by atoms with Crippen LogP contribution < -0.4 is 4.74 Å². The molecule has 0 heterocycles. The third kappa shape index (κ3) is 11.1. The predicted molar refractivity (Wildman–Crippen MR) is 103 cm³/mol. The fourth-order valence-electron chi connectivity index (χ4n) is 2.08. The van der Waals surface area contributed by atoms with E-state index in [1.54, 1.807) is 6.08 Å². The Kier molecular flexibility index (Phi) is 12.0. The Morgan fingerprint density at radius 2 is 1.89 bits per heavy atom. The predicted octanol–water partition coefficient (Wildman–Crippen LogP) is 2.90. The summed E-state index contributed by atoms with van der Waals surface area (Å²) in [6, 6.07) is 7.95. The molecule has 27 heavy (non-hydrogen) atoms. The molecule has 0 spiro atoms. The highest BCUT2D eigenvalue weighted by molar-refractivity contribution is 7.86. The number of rotatable bonds is 16. The molecule has 154 valence electrons. The maximum absolute atomic E-state index is 11.2. The van der Waals surface area contributed by atoms with Gasteiger partial charge in [-0.3, -0.25) is 4.18 Å². The van der Waals surface area contributed by atoms with Crippen molar-refractivity contribution < 1.29 is 31.5 Å². The molecule has 0 aliphatic carbocycles. The van der Waals surface area contributed by atoms with E-state index in [2.05, 4.69) is 17.7 Å². The van der Waals surface area contributed by atoms with Crippen LogP contribution in [0.3, 0.4) is 0 Å². The van der Waals surface area contributed by atoms with E-state index in [1.807, 2.05) is 24.3 Å². The van der Waals surface area contributed by atoms with E-state index >= 15 is 0 Å². The van der Waals surface area contributed by atoms with Crippen LogP contribution in [0.4, 0.5) is 0 Å². The molecule has 0 aliphatic rings. The van der Waals surface area contributed by atoms with Crippen LogP contribution in [-0.4, -0.2) is 54.2 Å². The summed E-state index contributed by atoms with van der Waals surface area (Å²) in [4.78, 5) is 0. The minimum Gasteiger partial charge on any atom is -0.491 e. The molecular weight excluding hydrogens is 372 g/mol. The van der Waals surface area contributed by atoms with Crippen molar-refractivity contribution in [2.24, 2.45) is 0 Å². The van der Waals surface area contributed by atoms with Gasteiger partial charge in [-0.25, -0.2) is 0 Å². The first-order chi connectivity index (χ1) is 13.0. The van der Waals surface area contributed by atoms with Gasteiger partial charge < -0.3 is 18.9 Å². The maximum atomic E-state index is 11.2. The summed E-state index contributed by atoms with van der Waals surface area (Å²) in [7, 11) is -2.61. The zero-order valence-corrected chi connectivity index (χ0v) is 16.9. The summed E-state index contributed by atoms with van der Waals surface area (Å²) < 4.78 is 48.3. The molecule has 1 aromatic rings. The number of hydrogen-bond acceptors (Lipinski definition) is 7. The van der Waals surface area contributed by atoms with Crippen molar-refractivity contribution in [2.45, 2.75) is 32.3 Å². The second-order valence-electron chi connectivity index (χ2n) is 5.84. The lowest BCUT2D eigenvalue weighted by Gasteiger charge is -2.18. The van der Waals surface area contributed by atoms with Crippen LogP contribution in [0.25, 0.3) is 0 Å². The molecule has 0 bridgehead atoms. The van der Waals surface area contributed by atoms with Gasteiger partial charge in [0.05, 0.1) is 20.3 Å². The van der Waals surface area contributed by atoms with Gasteiger partial charge in [0.25, 0.3) is 10.1 Å². The van der Waals surface area contributed by atoms with E-state index in [1.165, 1.54) is 5.56 Å². The summed E-state index contributed by atoms with van der Waals surface area (Å²) in [6.07, 6.45) is 4.59. The summed E-state index contributed by atoms with van der Waals surface area (Å²) in [6.45, 7) is 6.43. The molecule has 1 unspecified atom stereocenters. The Labute approximate surface area is 162 Å². The average molecular weight is 403 g/mol. The molecule has 1 atom stereocenters. The van der Waals surface area contributed by atoms with Crippen LogP contribution in [0, 0.1) is 0 Å². The van der Waals surface area contributed by atoms with Crippen LogP contribution in [-0.2, 0) is 34.9 Å². The maximum Gasteiger partial charge on any atom is 0.291 e. The number of unbranched alkanes of at least 4 members (excludes halogenated alkanes) is 1. The number of ether oxygens (including phenoxy) is 4. The standard InChI is InChI=1S/C19H30O7S/c1-4-6-7-17-8-10-18(11-9-17)25-14-19(13-23-12-5-2)26-15-24-16-27(20,21)22-3/h5,8-11,19H,2,4,6-7,12-16H2,1,3H3. The highest BCUT2D eigenvalue weighted by Gasteiger charge is 2.13. The second kappa shape index (κ2) is 13.7. The normalized spacial score (nSPS) is 12.7. The van der Waals surface area contributed by atoms with Crippen molar-refractivity contribution in [3.8, 4) is 5.75 Å². The molecule has 0 aromatic heterocycles. The molecule has 7 nitrogen and oxygen atoms in total. The Morgan fingerprint density at radius 3 is 2.52 bits per heavy atom. The van der Waals surface area contributed by atoms with Gasteiger partial charge in [0.1, 0.15) is 25.3 Å². The largest absolute Gasteiger partial charge is 0.491 e. The van der Waals surface area contributed by atoms with Crippen LogP contribution in [0.5, 0.6) is 5.75 Å². The van der Waals surface area contributed by atoms with E-state index in [-0.39, 0.29) is 20.0 Å². The highest BCUT2D eigenvalue weighted by Crippen LogP contribution is 2.14. The van der Waals surface area contributed by atoms with Crippen LogP contribution in [0.15, 0.2) is 36.9 Å². The Hall–Kier alpha value is -1.45. The van der Waals surface area contributed by atoms with Gasteiger partial charge in [-0.1, -0.05) is 31.6 Å². The first-order valence-corrected chi connectivity index (χ1v) is 10.5. The van der Waals surface area contributed by atoms with Crippen LogP contribution in [0.2, 0.25) is 0 Å². The summed E-state index contributed by atoms with van der Waals surface area (Å²) >= 11 is 0. The third-order valence-electron chi connectivity index (χ3n) is 3.59. The van der Waals surface area contributed by atoms with Crippen molar-refractivity contribution in [3.05, 3.63) is 42.5 Å². The first kappa shape index (κ1) is 23.6. The van der Waals surface area contributed by atoms with Gasteiger partial charge >= 0.3 is 0 Å². The van der Waals surface area contributed by atoms with Crippen molar-refractivity contribution in [1.29, 1.82) is 0 Å². The molecule has 1 rings (SSSR count). The Bertz CT molecular complexity index is 613. The second-order valence-corrected chi connectivity index (χ2v) is 7.52. The fourth-order valence-corrected chi connectivity index (χ4v) is 2.45. The van der Waals surface area contributed by atoms with E-state index in [0.29, 0.717) is 6.61 Å². The smallest absolute Gasteiger partial charge is 0.291 e. The number of benzene rings is 1. The SMILES string of the molecule is C=CCOCC(COc1ccc(CCCC)cc1)OCOCS(=O)(=O)OC. The molecule has 1 aromatic carbocycles. The Balaban J connectivity index is 2.44. The molecule has 0 saturated carbocycles. The van der Waals surface area contributed by atoms with Gasteiger partial charge in [-0.05, 0) is 30.5 Å². The monoisotopic (exact) mass is 402 g/mol. The molecule has 0 radical (unpaired) electrons. The fraction of sp³-hybridized carbons (Fsp3) is 0.579. The highest BCUT2D eigenvalue weighted by atomic mass is 32.2. The molecule has 0 amide bonds. The van der Waals surface area contributed by atoms with E-state index in [4.69, 9.17) is 18.9 Å². The van der Waals surface area contributed by atoms with Crippen molar-refractivity contribution in [1.82, 2.24) is 0 Å². The lowest BCUT2D eigenvalue weighted by atomic mass is 10.1. The molecule has 0 fully saturated rings.